The summed E-state index contributed by atoms with van der Waals surface area (Å²) in [7, 11) is 0. The number of carbonyl (C=O) groups is 5. The number of aliphatic carboxylic acids is 1. The first-order chi connectivity index (χ1) is 18.7. The van der Waals surface area contributed by atoms with Gasteiger partial charge in [-0.1, -0.05) is 20.3 Å². The van der Waals surface area contributed by atoms with E-state index in [1.165, 1.54) is 0 Å². The molecule has 228 valence electrons. The van der Waals surface area contributed by atoms with Gasteiger partial charge in [-0.3, -0.25) is 29.2 Å². The third-order valence-corrected chi connectivity index (χ3v) is 6.01. The number of amides is 4. The van der Waals surface area contributed by atoms with Crippen LogP contribution in [-0.2, 0) is 24.0 Å². The molecule has 0 radical (unpaired) electrons. The fourth-order valence-electron chi connectivity index (χ4n) is 3.41. The van der Waals surface area contributed by atoms with Crippen LogP contribution in [0, 0.1) is 5.92 Å². The number of carbonyl (C=O) groups excluding carboxylic acids is 4. The third-order valence-electron chi connectivity index (χ3n) is 6.01. The Morgan fingerprint density at radius 3 is 1.57 bits per heavy atom. The predicted molar refractivity (Wildman–Crippen MR) is 149 cm³/mol. The minimum Gasteiger partial charge on any atom is -0.480 e. The molecule has 0 aromatic carbocycles. The first-order valence-corrected chi connectivity index (χ1v) is 13.0. The van der Waals surface area contributed by atoms with Crippen LogP contribution in [0.1, 0.15) is 58.8 Å². The van der Waals surface area contributed by atoms with Gasteiger partial charge >= 0.3 is 5.97 Å². The van der Waals surface area contributed by atoms with E-state index in [1.54, 1.807) is 6.92 Å². The topological polar surface area (TPSA) is 323 Å². The van der Waals surface area contributed by atoms with Crippen molar-refractivity contribution < 1.29 is 29.1 Å². The minimum absolute atomic E-state index is 0.00862. The Bertz CT molecular complexity index is 919. The van der Waals surface area contributed by atoms with Crippen LogP contribution in [0.2, 0.25) is 0 Å². The summed E-state index contributed by atoms with van der Waals surface area (Å²) in [6.45, 7) is 3.97. The van der Waals surface area contributed by atoms with Crippen molar-refractivity contribution in [3.63, 3.8) is 0 Å². The lowest BCUT2D eigenvalue weighted by molar-refractivity contribution is -0.142. The number of hydrogen-bond acceptors (Lipinski definition) is 8. The molecule has 0 fully saturated rings. The largest absolute Gasteiger partial charge is 0.480 e. The molecule has 0 aromatic rings. The number of aliphatic imine (C=N–C) groups is 2. The van der Waals surface area contributed by atoms with Crippen molar-refractivity contribution in [3.05, 3.63) is 0 Å². The van der Waals surface area contributed by atoms with E-state index in [-0.39, 0.29) is 63.0 Å². The second-order valence-electron chi connectivity index (χ2n) is 9.34. The van der Waals surface area contributed by atoms with E-state index in [0.29, 0.717) is 12.8 Å². The molecule has 0 saturated carbocycles. The number of guanidine groups is 2. The molecule has 0 spiro atoms. The molecule has 0 bridgehead atoms. The first kappa shape index (κ1) is 35.9. The SMILES string of the molecule is CCC(C)C(N)C(=O)NC(CCCN=C(N)N)C(=O)NC(CCC(N)=O)C(=O)NC(CCCN=C(N)N)C(=O)O. The van der Waals surface area contributed by atoms with E-state index in [4.69, 9.17) is 34.4 Å². The molecule has 17 heteroatoms. The van der Waals surface area contributed by atoms with Gasteiger partial charge in [0, 0.05) is 19.5 Å². The summed E-state index contributed by atoms with van der Waals surface area (Å²) in [5.41, 5.74) is 32.4. The number of carboxylic acid groups (broad SMARTS) is 1. The summed E-state index contributed by atoms with van der Waals surface area (Å²) in [5, 5.41) is 17.0. The highest BCUT2D eigenvalue weighted by molar-refractivity contribution is 5.94. The molecule has 40 heavy (non-hydrogen) atoms. The van der Waals surface area contributed by atoms with Crippen molar-refractivity contribution in [2.45, 2.75) is 83.0 Å². The van der Waals surface area contributed by atoms with Gasteiger partial charge in [0.05, 0.1) is 6.04 Å². The van der Waals surface area contributed by atoms with E-state index < -0.39 is 53.8 Å². The Kier molecular flexibility index (Phi) is 17.0. The highest BCUT2D eigenvalue weighted by Gasteiger charge is 2.31. The van der Waals surface area contributed by atoms with Gasteiger partial charge in [-0.05, 0) is 38.0 Å². The Balaban J connectivity index is 5.71. The number of carboxylic acids is 1. The first-order valence-electron chi connectivity index (χ1n) is 13.0. The highest BCUT2D eigenvalue weighted by Crippen LogP contribution is 2.08. The van der Waals surface area contributed by atoms with Gasteiger partial charge in [-0.25, -0.2) is 4.79 Å². The number of rotatable bonds is 20. The van der Waals surface area contributed by atoms with Crippen LogP contribution in [-0.4, -0.2) is 83.9 Å². The van der Waals surface area contributed by atoms with Crippen molar-refractivity contribution in [1.82, 2.24) is 16.0 Å². The van der Waals surface area contributed by atoms with Gasteiger partial charge in [0.1, 0.15) is 18.1 Å². The fourth-order valence-corrected chi connectivity index (χ4v) is 3.41. The summed E-state index contributed by atoms with van der Waals surface area (Å²) < 4.78 is 0. The average molecular weight is 572 g/mol. The van der Waals surface area contributed by atoms with Crippen LogP contribution in [0.15, 0.2) is 9.98 Å². The average Bonchev–Trinajstić information content (AvgIpc) is 2.87. The number of nitrogens with zero attached hydrogens (tertiary/aromatic N) is 2. The molecule has 4 amide bonds. The summed E-state index contributed by atoms with van der Waals surface area (Å²) in [6, 6.07) is -4.67. The Morgan fingerprint density at radius 1 is 0.725 bits per heavy atom. The summed E-state index contributed by atoms with van der Waals surface area (Å²) in [4.78, 5) is 69.6. The number of primary amides is 1. The Morgan fingerprint density at radius 2 is 1.15 bits per heavy atom. The summed E-state index contributed by atoms with van der Waals surface area (Å²) >= 11 is 0. The molecule has 0 rings (SSSR count). The molecule has 16 N–H and O–H groups in total. The molecular formula is C23H45N11O6. The molecule has 17 nitrogen and oxygen atoms in total. The van der Waals surface area contributed by atoms with E-state index in [0.717, 1.165) is 0 Å². The molecule has 0 aliphatic heterocycles. The van der Waals surface area contributed by atoms with Crippen molar-refractivity contribution in [1.29, 1.82) is 0 Å². The van der Waals surface area contributed by atoms with Crippen molar-refractivity contribution in [2.75, 3.05) is 13.1 Å². The molecule has 0 heterocycles. The zero-order chi connectivity index (χ0) is 30.8. The highest BCUT2D eigenvalue weighted by atomic mass is 16.4. The van der Waals surface area contributed by atoms with Gasteiger partial charge in [0.2, 0.25) is 23.6 Å². The molecule has 0 aliphatic carbocycles. The number of nitrogens with one attached hydrogen (secondary N) is 3. The van der Waals surface area contributed by atoms with Crippen LogP contribution in [0.25, 0.3) is 0 Å². The van der Waals surface area contributed by atoms with Gasteiger partial charge in [-0.15, -0.1) is 0 Å². The van der Waals surface area contributed by atoms with Gasteiger partial charge in [0.15, 0.2) is 11.9 Å². The van der Waals surface area contributed by atoms with Gasteiger partial charge in [0.25, 0.3) is 0 Å². The molecule has 0 aromatic heterocycles. The zero-order valence-corrected chi connectivity index (χ0v) is 23.1. The Labute approximate surface area is 233 Å². The summed E-state index contributed by atoms with van der Waals surface area (Å²) in [5.74, 6) is -4.69. The van der Waals surface area contributed by atoms with Crippen LogP contribution in [0.4, 0.5) is 0 Å². The lowest BCUT2D eigenvalue weighted by Gasteiger charge is -2.26. The zero-order valence-electron chi connectivity index (χ0n) is 23.1. The van der Waals surface area contributed by atoms with Crippen LogP contribution in [0.5, 0.6) is 0 Å². The van der Waals surface area contributed by atoms with Gasteiger partial charge < -0.3 is 55.5 Å². The minimum atomic E-state index is -1.33. The Hall–Kier alpha value is -4.15. The maximum Gasteiger partial charge on any atom is 0.326 e. The monoisotopic (exact) mass is 571 g/mol. The maximum absolute atomic E-state index is 13.2. The lowest BCUT2D eigenvalue weighted by Crippen LogP contribution is -2.57. The standard InChI is InChI=1S/C23H45N11O6/c1-3-12(2)17(25)20(38)33-13(6-4-10-30-22(26)27)18(36)32-14(8-9-16(24)35)19(37)34-15(21(39)40)7-5-11-31-23(28)29/h12-15,17H,3-11,25H2,1-2H3,(H2,24,35)(H,32,36)(H,33,38)(H,34,37)(H,39,40)(H4,26,27,30)(H4,28,29,31). The van der Waals surface area contributed by atoms with Crippen LogP contribution in [0.3, 0.4) is 0 Å². The molecular weight excluding hydrogens is 526 g/mol. The lowest BCUT2D eigenvalue weighted by atomic mass is 9.98. The predicted octanol–water partition coefficient (Wildman–Crippen LogP) is -3.73. The third kappa shape index (κ3) is 15.3. The van der Waals surface area contributed by atoms with Crippen molar-refractivity contribution >= 4 is 41.5 Å². The molecule has 0 aliphatic rings. The molecule has 0 saturated heterocycles. The van der Waals surface area contributed by atoms with Crippen LogP contribution >= 0.6 is 0 Å². The van der Waals surface area contributed by atoms with E-state index >= 15 is 0 Å². The number of hydrogen-bond donors (Lipinski definition) is 10. The number of nitrogens with two attached hydrogens (primary N) is 6. The van der Waals surface area contributed by atoms with Crippen molar-refractivity contribution in [2.24, 2.45) is 50.3 Å². The summed E-state index contributed by atoms with van der Waals surface area (Å²) in [6.07, 6.45) is 0.758. The smallest absolute Gasteiger partial charge is 0.326 e. The fraction of sp³-hybridized carbons (Fsp3) is 0.696. The van der Waals surface area contributed by atoms with E-state index in [2.05, 4.69) is 25.9 Å². The second-order valence-corrected chi connectivity index (χ2v) is 9.34. The van der Waals surface area contributed by atoms with E-state index in [9.17, 15) is 29.1 Å². The van der Waals surface area contributed by atoms with Gasteiger partial charge in [-0.2, -0.15) is 0 Å². The second kappa shape index (κ2) is 19.0. The normalized spacial score (nSPS) is 14.4. The van der Waals surface area contributed by atoms with Crippen molar-refractivity contribution in [3.8, 4) is 0 Å². The quantitative estimate of drug-likeness (QED) is 0.0384. The van der Waals surface area contributed by atoms with E-state index in [1.807, 2.05) is 6.92 Å². The maximum atomic E-state index is 13.2. The molecule has 5 atom stereocenters. The van der Waals surface area contributed by atoms with Crippen LogP contribution < -0.4 is 50.4 Å². The molecule has 5 unspecified atom stereocenters.